The molecule has 6 nitrogen and oxygen atoms in total. The van der Waals surface area contributed by atoms with Gasteiger partial charge in [0.2, 0.25) is 5.91 Å². The average molecular weight is 468 g/mol. The Bertz CT molecular complexity index is 1510. The standard InChI is InChI=1S/C27H25N5OS/c28-25(33)20-9-8-19-14-24(27-31-30-26(34-27)18-10-12-29-13-11-18)32(23(19)15-20)16-21-6-3-5-17-4-1-2-7-22(17)21/h1-9,14-15,18,29H,10-13,16H2,(H2,28,33). The minimum Gasteiger partial charge on any atom is -0.366 e. The number of hydrogen-bond donors (Lipinski definition) is 2. The zero-order valence-electron chi connectivity index (χ0n) is 18.7. The molecule has 2 aromatic heterocycles. The lowest BCUT2D eigenvalue weighted by Gasteiger charge is -2.19. The number of rotatable bonds is 5. The van der Waals surface area contributed by atoms with Gasteiger partial charge in [0.05, 0.1) is 5.69 Å². The van der Waals surface area contributed by atoms with Gasteiger partial charge in [-0.1, -0.05) is 59.9 Å². The van der Waals surface area contributed by atoms with Gasteiger partial charge in [0, 0.05) is 28.9 Å². The van der Waals surface area contributed by atoms with Crippen LogP contribution < -0.4 is 11.1 Å². The molecule has 3 heterocycles. The summed E-state index contributed by atoms with van der Waals surface area (Å²) in [6, 6.07) is 22.6. The molecule has 0 unspecified atom stereocenters. The number of fused-ring (bicyclic) bond motifs is 2. The van der Waals surface area contributed by atoms with E-state index in [9.17, 15) is 4.79 Å². The van der Waals surface area contributed by atoms with Crippen LogP contribution in [0.2, 0.25) is 0 Å². The molecule has 3 aromatic carbocycles. The maximum Gasteiger partial charge on any atom is 0.248 e. The average Bonchev–Trinajstić information content (AvgIpc) is 3.50. The number of carbonyl (C=O) groups excluding carboxylic acids is 1. The van der Waals surface area contributed by atoms with E-state index in [-0.39, 0.29) is 0 Å². The summed E-state index contributed by atoms with van der Waals surface area (Å²) in [5.41, 5.74) is 9.31. The van der Waals surface area contributed by atoms with Crippen molar-refractivity contribution in [3.63, 3.8) is 0 Å². The van der Waals surface area contributed by atoms with Crippen molar-refractivity contribution in [1.29, 1.82) is 0 Å². The molecule has 6 rings (SSSR count). The maximum atomic E-state index is 11.9. The molecule has 1 fully saturated rings. The van der Waals surface area contributed by atoms with Crippen molar-refractivity contribution in [1.82, 2.24) is 20.1 Å². The molecule has 7 heteroatoms. The van der Waals surface area contributed by atoms with Gasteiger partial charge < -0.3 is 15.6 Å². The number of hydrogen-bond acceptors (Lipinski definition) is 5. The minimum atomic E-state index is -0.425. The number of piperidine rings is 1. The number of nitrogens with zero attached hydrogens (tertiary/aromatic N) is 3. The van der Waals surface area contributed by atoms with Crippen LogP contribution in [0.3, 0.4) is 0 Å². The monoisotopic (exact) mass is 467 g/mol. The summed E-state index contributed by atoms with van der Waals surface area (Å²) in [6.07, 6.45) is 2.19. The Labute approximate surface area is 201 Å². The van der Waals surface area contributed by atoms with Crippen molar-refractivity contribution >= 4 is 38.9 Å². The maximum absolute atomic E-state index is 11.9. The summed E-state index contributed by atoms with van der Waals surface area (Å²) in [4.78, 5) is 11.9. The van der Waals surface area contributed by atoms with Gasteiger partial charge in [-0.05, 0) is 60.5 Å². The van der Waals surface area contributed by atoms with Gasteiger partial charge in [-0.3, -0.25) is 4.79 Å². The van der Waals surface area contributed by atoms with E-state index in [2.05, 4.69) is 68.6 Å². The third-order valence-electron chi connectivity index (χ3n) is 6.75. The molecule has 0 saturated carbocycles. The van der Waals surface area contributed by atoms with E-state index < -0.39 is 5.91 Å². The van der Waals surface area contributed by atoms with Gasteiger partial charge in [0.15, 0.2) is 5.01 Å². The normalized spacial score (nSPS) is 14.7. The summed E-state index contributed by atoms with van der Waals surface area (Å²) >= 11 is 1.68. The van der Waals surface area contributed by atoms with Crippen LogP contribution in [0.1, 0.15) is 39.7 Å². The summed E-state index contributed by atoms with van der Waals surface area (Å²) in [6.45, 7) is 2.71. The molecule has 0 atom stereocenters. The van der Waals surface area contributed by atoms with E-state index in [4.69, 9.17) is 5.73 Å². The molecule has 34 heavy (non-hydrogen) atoms. The van der Waals surface area contributed by atoms with Crippen molar-refractivity contribution < 1.29 is 4.79 Å². The quantitative estimate of drug-likeness (QED) is 0.384. The zero-order valence-corrected chi connectivity index (χ0v) is 19.5. The lowest BCUT2D eigenvalue weighted by Crippen LogP contribution is -2.26. The molecule has 1 amide bonds. The van der Waals surface area contributed by atoms with E-state index in [0.29, 0.717) is 18.0 Å². The van der Waals surface area contributed by atoms with Crippen molar-refractivity contribution in [3.05, 3.63) is 82.9 Å². The third-order valence-corrected chi connectivity index (χ3v) is 7.85. The lowest BCUT2D eigenvalue weighted by atomic mass is 9.99. The zero-order chi connectivity index (χ0) is 23.1. The van der Waals surface area contributed by atoms with E-state index in [1.165, 1.54) is 16.3 Å². The van der Waals surface area contributed by atoms with Crippen LogP contribution in [0.5, 0.6) is 0 Å². The minimum absolute atomic E-state index is 0.425. The van der Waals surface area contributed by atoms with Crippen LogP contribution in [0.4, 0.5) is 0 Å². The van der Waals surface area contributed by atoms with E-state index in [1.807, 2.05) is 12.1 Å². The Morgan fingerprint density at radius 2 is 1.82 bits per heavy atom. The summed E-state index contributed by atoms with van der Waals surface area (Å²) in [7, 11) is 0. The van der Waals surface area contributed by atoms with Crippen LogP contribution >= 0.6 is 11.3 Å². The van der Waals surface area contributed by atoms with Gasteiger partial charge >= 0.3 is 0 Å². The van der Waals surface area contributed by atoms with E-state index >= 15 is 0 Å². The second-order valence-corrected chi connectivity index (χ2v) is 9.87. The van der Waals surface area contributed by atoms with Crippen LogP contribution in [0.15, 0.2) is 66.7 Å². The molecule has 3 N–H and O–H groups in total. The lowest BCUT2D eigenvalue weighted by molar-refractivity contribution is 0.100. The fourth-order valence-corrected chi connectivity index (χ4v) is 5.97. The molecular weight excluding hydrogens is 442 g/mol. The molecule has 0 radical (unpaired) electrons. The Balaban J connectivity index is 1.50. The topological polar surface area (TPSA) is 85.8 Å². The Morgan fingerprint density at radius 1 is 1.00 bits per heavy atom. The molecular formula is C27H25N5OS. The van der Waals surface area contributed by atoms with Crippen LogP contribution in [-0.2, 0) is 6.54 Å². The number of nitrogens with one attached hydrogen (secondary N) is 1. The van der Waals surface area contributed by atoms with Gasteiger partial charge in [0.25, 0.3) is 0 Å². The summed E-state index contributed by atoms with van der Waals surface area (Å²) < 4.78 is 2.25. The van der Waals surface area contributed by atoms with Crippen molar-refractivity contribution in [2.45, 2.75) is 25.3 Å². The number of aromatic nitrogens is 3. The number of primary amides is 1. The SMILES string of the molecule is NC(=O)c1ccc2cc(-c3nnc(C4CCNCC4)s3)n(Cc3cccc4ccccc34)c2c1. The van der Waals surface area contributed by atoms with Crippen molar-refractivity contribution in [3.8, 4) is 10.7 Å². The van der Waals surface area contributed by atoms with Gasteiger partial charge in [-0.15, -0.1) is 10.2 Å². The molecule has 1 aliphatic heterocycles. The van der Waals surface area contributed by atoms with Gasteiger partial charge in [-0.25, -0.2) is 0 Å². The number of benzene rings is 3. The van der Waals surface area contributed by atoms with Gasteiger partial charge in [-0.2, -0.15) is 0 Å². The highest BCUT2D eigenvalue weighted by atomic mass is 32.1. The second kappa shape index (κ2) is 8.66. The third kappa shape index (κ3) is 3.77. The first-order valence-electron chi connectivity index (χ1n) is 11.6. The van der Waals surface area contributed by atoms with E-state index in [1.54, 1.807) is 17.4 Å². The van der Waals surface area contributed by atoms with Crippen LogP contribution in [0.25, 0.3) is 32.4 Å². The molecule has 5 aromatic rings. The fraction of sp³-hybridized carbons (Fsp3) is 0.222. The second-order valence-electron chi connectivity index (χ2n) is 8.86. The first kappa shape index (κ1) is 21.0. The number of amides is 1. The first-order chi connectivity index (χ1) is 16.7. The predicted molar refractivity (Wildman–Crippen MR) is 137 cm³/mol. The van der Waals surface area contributed by atoms with Crippen molar-refractivity contribution in [2.75, 3.05) is 13.1 Å². The highest BCUT2D eigenvalue weighted by Crippen LogP contribution is 2.36. The highest BCUT2D eigenvalue weighted by molar-refractivity contribution is 7.14. The van der Waals surface area contributed by atoms with Gasteiger partial charge in [0.1, 0.15) is 5.01 Å². The molecule has 0 aliphatic carbocycles. The smallest absolute Gasteiger partial charge is 0.248 e. The fourth-order valence-electron chi connectivity index (χ4n) is 4.93. The molecule has 170 valence electrons. The Kier molecular flexibility index (Phi) is 5.36. The summed E-state index contributed by atoms with van der Waals surface area (Å²) in [5.74, 6) is 0.0373. The van der Waals surface area contributed by atoms with E-state index in [0.717, 1.165) is 52.5 Å². The molecule has 1 saturated heterocycles. The first-order valence-corrected chi connectivity index (χ1v) is 12.4. The molecule has 1 aliphatic rings. The summed E-state index contributed by atoms with van der Waals surface area (Å²) in [5, 5.41) is 18.1. The van der Waals surface area contributed by atoms with Crippen molar-refractivity contribution in [2.24, 2.45) is 5.73 Å². The number of carbonyl (C=O) groups is 1. The molecule has 0 spiro atoms. The van der Waals surface area contributed by atoms with Crippen LogP contribution in [0, 0.1) is 0 Å². The molecule has 0 bridgehead atoms. The van der Waals surface area contributed by atoms with Crippen LogP contribution in [-0.4, -0.2) is 33.8 Å². The predicted octanol–water partition coefficient (Wildman–Crippen LogP) is 4.93. The Hall–Kier alpha value is -3.55. The Morgan fingerprint density at radius 3 is 2.68 bits per heavy atom. The highest BCUT2D eigenvalue weighted by Gasteiger charge is 2.22. The number of nitrogens with two attached hydrogens (primary N) is 1. The largest absolute Gasteiger partial charge is 0.366 e.